The molecule has 0 N–H and O–H groups in total. The molecule has 0 spiro atoms. The van der Waals surface area contributed by atoms with Gasteiger partial charge in [0.05, 0.1) is 6.61 Å². The van der Waals surface area contributed by atoms with Crippen molar-refractivity contribution in [3.8, 4) is 0 Å². The number of ether oxygens (including phenoxy) is 1. The minimum absolute atomic E-state index is 0.235. The van der Waals surface area contributed by atoms with E-state index >= 15 is 0 Å². The average Bonchev–Trinajstić information content (AvgIpc) is 3.07. The number of allylic oxidation sites excluding steroid dienone is 1. The molecule has 16 heavy (non-hydrogen) atoms. The van der Waals surface area contributed by atoms with E-state index in [1.165, 1.54) is 5.56 Å². The maximum absolute atomic E-state index is 11.1. The fourth-order valence-electron chi connectivity index (χ4n) is 1.90. The summed E-state index contributed by atoms with van der Waals surface area (Å²) in [6.45, 7) is 2.26. The van der Waals surface area contributed by atoms with E-state index < -0.39 is 0 Å². The van der Waals surface area contributed by atoms with Crippen molar-refractivity contribution < 1.29 is 9.53 Å². The molecule has 1 aromatic carbocycles. The Morgan fingerprint density at radius 1 is 1.44 bits per heavy atom. The van der Waals surface area contributed by atoms with E-state index in [0.717, 1.165) is 6.42 Å². The van der Waals surface area contributed by atoms with Crippen molar-refractivity contribution in [3.05, 3.63) is 48.0 Å². The number of hydrogen-bond acceptors (Lipinski definition) is 2. The Kier molecular flexibility index (Phi) is 3.40. The van der Waals surface area contributed by atoms with Crippen LogP contribution in [0.4, 0.5) is 0 Å². The largest absolute Gasteiger partial charge is 0.463 e. The Morgan fingerprint density at radius 3 is 2.88 bits per heavy atom. The molecule has 2 atom stereocenters. The lowest BCUT2D eigenvalue weighted by Gasteiger charge is -1.96. The van der Waals surface area contributed by atoms with Gasteiger partial charge in [0.2, 0.25) is 0 Å². The molecule has 0 aliphatic heterocycles. The molecule has 0 heterocycles. The zero-order valence-electron chi connectivity index (χ0n) is 9.43. The third-order valence-corrected chi connectivity index (χ3v) is 2.83. The van der Waals surface area contributed by atoms with Crippen molar-refractivity contribution in [2.45, 2.75) is 19.3 Å². The molecular formula is C14H16O2. The molecule has 84 valence electrons. The maximum atomic E-state index is 11.1. The first-order valence-corrected chi connectivity index (χ1v) is 5.71. The Labute approximate surface area is 95.9 Å². The fraction of sp³-hybridized carbons (Fsp3) is 0.357. The summed E-state index contributed by atoms with van der Waals surface area (Å²) in [5.74, 6) is 0.861. The average molecular weight is 216 g/mol. The zero-order valence-corrected chi connectivity index (χ0v) is 9.43. The van der Waals surface area contributed by atoms with E-state index in [-0.39, 0.29) is 5.97 Å². The van der Waals surface area contributed by atoms with Crippen LogP contribution in [0.3, 0.4) is 0 Å². The number of hydrogen-bond donors (Lipinski definition) is 0. The summed E-state index contributed by atoms with van der Waals surface area (Å²) in [7, 11) is 0. The highest BCUT2D eigenvalue weighted by Gasteiger charge is 2.35. The van der Waals surface area contributed by atoms with E-state index in [9.17, 15) is 4.79 Å². The van der Waals surface area contributed by atoms with Gasteiger partial charge in [-0.15, -0.1) is 0 Å². The number of carbonyl (C=O) groups is 1. The molecule has 0 saturated heterocycles. The van der Waals surface area contributed by atoms with Gasteiger partial charge in [-0.2, -0.15) is 0 Å². The number of carbonyl (C=O) groups excluding carboxylic acids is 1. The van der Waals surface area contributed by atoms with Gasteiger partial charge in [-0.05, 0) is 30.7 Å². The van der Waals surface area contributed by atoms with Crippen LogP contribution in [0.25, 0.3) is 0 Å². The molecule has 2 heteroatoms. The molecule has 0 radical (unpaired) electrons. The third kappa shape index (κ3) is 2.72. The molecule has 0 aromatic heterocycles. The predicted molar refractivity (Wildman–Crippen MR) is 63.1 cm³/mol. The van der Waals surface area contributed by atoms with Crippen molar-refractivity contribution in [3.63, 3.8) is 0 Å². The van der Waals surface area contributed by atoms with Crippen molar-refractivity contribution >= 4 is 5.97 Å². The first kappa shape index (κ1) is 10.9. The van der Waals surface area contributed by atoms with Crippen molar-refractivity contribution in [1.82, 2.24) is 0 Å². The minimum atomic E-state index is -0.235. The van der Waals surface area contributed by atoms with Gasteiger partial charge in [0.15, 0.2) is 0 Å². The molecule has 0 amide bonds. The van der Waals surface area contributed by atoms with Crippen LogP contribution in [-0.4, -0.2) is 12.6 Å². The van der Waals surface area contributed by atoms with Gasteiger partial charge < -0.3 is 4.74 Å². The highest BCUT2D eigenvalue weighted by molar-refractivity contribution is 5.82. The van der Waals surface area contributed by atoms with Gasteiger partial charge in [-0.1, -0.05) is 36.4 Å². The van der Waals surface area contributed by atoms with Crippen LogP contribution in [0.2, 0.25) is 0 Å². The number of rotatable bonds is 4. The fourth-order valence-corrected chi connectivity index (χ4v) is 1.90. The number of esters is 1. The first-order valence-electron chi connectivity index (χ1n) is 5.71. The lowest BCUT2D eigenvalue weighted by molar-refractivity contribution is -0.137. The lowest BCUT2D eigenvalue weighted by atomic mass is 10.1. The van der Waals surface area contributed by atoms with E-state index in [0.29, 0.717) is 18.4 Å². The Bertz CT molecular complexity index is 381. The molecule has 1 aliphatic carbocycles. The van der Waals surface area contributed by atoms with Crippen molar-refractivity contribution in [2.24, 2.45) is 5.92 Å². The molecule has 2 rings (SSSR count). The van der Waals surface area contributed by atoms with Crippen LogP contribution >= 0.6 is 0 Å². The normalized spacial score (nSPS) is 23.3. The topological polar surface area (TPSA) is 26.3 Å². The van der Waals surface area contributed by atoms with Gasteiger partial charge in [-0.25, -0.2) is 4.79 Å². The summed E-state index contributed by atoms with van der Waals surface area (Å²) in [4.78, 5) is 11.1. The third-order valence-electron chi connectivity index (χ3n) is 2.83. The maximum Gasteiger partial charge on any atom is 0.330 e. The van der Waals surface area contributed by atoms with Gasteiger partial charge in [0.25, 0.3) is 0 Å². The summed E-state index contributed by atoms with van der Waals surface area (Å²) >= 11 is 0. The van der Waals surface area contributed by atoms with E-state index in [2.05, 4.69) is 24.3 Å². The smallest absolute Gasteiger partial charge is 0.330 e. The van der Waals surface area contributed by atoms with Gasteiger partial charge in [-0.3, -0.25) is 0 Å². The summed E-state index contributed by atoms with van der Waals surface area (Å²) < 4.78 is 4.84. The molecule has 1 saturated carbocycles. The zero-order chi connectivity index (χ0) is 11.4. The van der Waals surface area contributed by atoms with Crippen molar-refractivity contribution in [1.29, 1.82) is 0 Å². The van der Waals surface area contributed by atoms with E-state index in [1.807, 2.05) is 19.1 Å². The second-order valence-electron chi connectivity index (χ2n) is 4.03. The monoisotopic (exact) mass is 216 g/mol. The van der Waals surface area contributed by atoms with Crippen LogP contribution in [0.15, 0.2) is 42.5 Å². The Morgan fingerprint density at radius 2 is 2.19 bits per heavy atom. The van der Waals surface area contributed by atoms with Crippen LogP contribution < -0.4 is 0 Å². The first-order chi connectivity index (χ1) is 7.81. The van der Waals surface area contributed by atoms with Crippen molar-refractivity contribution in [2.75, 3.05) is 6.61 Å². The highest BCUT2D eigenvalue weighted by Crippen LogP contribution is 2.48. The molecular weight excluding hydrogens is 200 g/mol. The minimum Gasteiger partial charge on any atom is -0.463 e. The van der Waals surface area contributed by atoms with Gasteiger partial charge in [0.1, 0.15) is 0 Å². The van der Waals surface area contributed by atoms with E-state index in [1.54, 1.807) is 6.08 Å². The highest BCUT2D eigenvalue weighted by atomic mass is 16.5. The Balaban J connectivity index is 1.86. The predicted octanol–water partition coefficient (Wildman–Crippen LogP) is 2.91. The molecule has 1 aliphatic rings. The van der Waals surface area contributed by atoms with Crippen LogP contribution in [0.1, 0.15) is 24.8 Å². The van der Waals surface area contributed by atoms with Gasteiger partial charge in [0, 0.05) is 6.08 Å². The van der Waals surface area contributed by atoms with Crippen LogP contribution in [-0.2, 0) is 9.53 Å². The summed E-state index contributed by atoms with van der Waals surface area (Å²) in [5, 5.41) is 0. The van der Waals surface area contributed by atoms with Crippen LogP contribution in [0, 0.1) is 5.92 Å². The van der Waals surface area contributed by atoms with Gasteiger partial charge >= 0.3 is 5.97 Å². The van der Waals surface area contributed by atoms with E-state index in [4.69, 9.17) is 4.74 Å². The quantitative estimate of drug-likeness (QED) is 0.571. The molecule has 2 nitrogen and oxygen atoms in total. The second-order valence-corrected chi connectivity index (χ2v) is 4.03. The summed E-state index contributed by atoms with van der Waals surface area (Å²) in [6, 6.07) is 10.4. The molecule has 1 aromatic rings. The molecule has 0 bridgehead atoms. The number of benzene rings is 1. The molecule has 0 unspecified atom stereocenters. The van der Waals surface area contributed by atoms with Crippen LogP contribution in [0.5, 0.6) is 0 Å². The summed E-state index contributed by atoms with van der Waals surface area (Å²) in [6.07, 6.45) is 4.66. The second kappa shape index (κ2) is 4.97. The lowest BCUT2D eigenvalue weighted by Crippen LogP contribution is -1.98. The summed E-state index contributed by atoms with van der Waals surface area (Å²) in [5.41, 5.74) is 1.36. The standard InChI is InChI=1S/C14H16O2/c1-2-16-14(15)9-8-12-10-13(12)11-6-4-3-5-7-11/h3-9,12-13H,2,10H2,1H3/b9-8+/t12-,13-/m0/s1. The SMILES string of the molecule is CCOC(=O)/C=C/[C@H]1C[C@H]1c1ccccc1. The molecule has 1 fully saturated rings. The Hall–Kier alpha value is -1.57.